The molecule has 0 atom stereocenters. The average molecular weight is 227 g/mol. The van der Waals surface area contributed by atoms with Crippen molar-refractivity contribution in [2.45, 2.75) is 27.2 Å². The first kappa shape index (κ1) is 13.3. The Morgan fingerprint density at radius 3 is 2.06 bits per heavy atom. The van der Waals surface area contributed by atoms with Crippen molar-refractivity contribution < 1.29 is 4.79 Å². The summed E-state index contributed by atoms with van der Waals surface area (Å²) in [6.45, 7) is 12.9. The number of piperazine rings is 1. The molecule has 0 unspecified atom stereocenters. The second kappa shape index (κ2) is 6.74. The smallest absolute Gasteiger partial charge is 0.320 e. The lowest BCUT2D eigenvalue weighted by molar-refractivity contribution is 0.115. The monoisotopic (exact) mass is 227 g/mol. The first-order valence-electron chi connectivity index (χ1n) is 6.49. The fourth-order valence-electron chi connectivity index (χ4n) is 2.17. The van der Waals surface area contributed by atoms with Gasteiger partial charge in [-0.3, -0.25) is 4.90 Å². The van der Waals surface area contributed by atoms with Crippen LogP contribution in [0, 0.1) is 0 Å². The van der Waals surface area contributed by atoms with Gasteiger partial charge in [0.15, 0.2) is 0 Å². The zero-order valence-electron chi connectivity index (χ0n) is 10.9. The Labute approximate surface area is 99.2 Å². The highest BCUT2D eigenvalue weighted by Gasteiger charge is 2.23. The van der Waals surface area contributed by atoms with E-state index in [2.05, 4.69) is 11.8 Å². The molecule has 1 saturated heterocycles. The molecule has 0 N–H and O–H groups in total. The number of nitrogens with zero attached hydrogens (tertiary/aromatic N) is 3. The van der Waals surface area contributed by atoms with Gasteiger partial charge < -0.3 is 9.80 Å². The third-order valence-corrected chi connectivity index (χ3v) is 3.22. The number of hydrogen-bond acceptors (Lipinski definition) is 2. The minimum Gasteiger partial charge on any atom is -0.325 e. The molecule has 0 radical (unpaired) electrons. The number of rotatable bonds is 4. The molecular formula is C12H25N3O. The summed E-state index contributed by atoms with van der Waals surface area (Å²) in [5.74, 6) is 0. The van der Waals surface area contributed by atoms with Crippen molar-refractivity contribution in [1.29, 1.82) is 0 Å². The Morgan fingerprint density at radius 1 is 1.06 bits per heavy atom. The van der Waals surface area contributed by atoms with Gasteiger partial charge in [0.25, 0.3) is 0 Å². The maximum absolute atomic E-state index is 12.1. The van der Waals surface area contributed by atoms with Crippen molar-refractivity contribution in [1.82, 2.24) is 14.7 Å². The Hall–Kier alpha value is -0.770. The van der Waals surface area contributed by atoms with Crippen molar-refractivity contribution >= 4 is 6.03 Å². The fraction of sp³-hybridized carbons (Fsp3) is 0.917. The second-order valence-corrected chi connectivity index (χ2v) is 4.28. The molecule has 4 nitrogen and oxygen atoms in total. The molecule has 94 valence electrons. The predicted molar refractivity (Wildman–Crippen MR) is 66.6 cm³/mol. The minimum absolute atomic E-state index is 0.209. The molecule has 0 aliphatic carbocycles. The molecular weight excluding hydrogens is 202 g/mol. The predicted octanol–water partition coefficient (Wildman–Crippen LogP) is 1.48. The molecule has 16 heavy (non-hydrogen) atoms. The summed E-state index contributed by atoms with van der Waals surface area (Å²) in [7, 11) is 0. The summed E-state index contributed by atoms with van der Waals surface area (Å²) >= 11 is 0. The largest absolute Gasteiger partial charge is 0.325 e. The molecule has 0 spiro atoms. The maximum atomic E-state index is 12.1. The van der Waals surface area contributed by atoms with Crippen LogP contribution in [0.15, 0.2) is 0 Å². The molecule has 0 aromatic heterocycles. The summed E-state index contributed by atoms with van der Waals surface area (Å²) in [5.41, 5.74) is 0. The average Bonchev–Trinajstić information content (AvgIpc) is 2.32. The number of carbonyl (C=O) groups is 1. The van der Waals surface area contributed by atoms with Crippen LogP contribution in [0.25, 0.3) is 0 Å². The lowest BCUT2D eigenvalue weighted by Crippen LogP contribution is -2.52. The van der Waals surface area contributed by atoms with Crippen LogP contribution in [0.4, 0.5) is 4.79 Å². The van der Waals surface area contributed by atoms with Gasteiger partial charge in [0, 0.05) is 39.3 Å². The Morgan fingerprint density at radius 2 is 1.62 bits per heavy atom. The molecule has 0 bridgehead atoms. The molecule has 0 aromatic rings. The molecule has 0 saturated carbocycles. The van der Waals surface area contributed by atoms with Gasteiger partial charge in [-0.05, 0) is 26.8 Å². The maximum Gasteiger partial charge on any atom is 0.320 e. The minimum atomic E-state index is 0.209. The van der Waals surface area contributed by atoms with Gasteiger partial charge in [-0.2, -0.15) is 0 Å². The van der Waals surface area contributed by atoms with Crippen LogP contribution in [0.2, 0.25) is 0 Å². The van der Waals surface area contributed by atoms with Crippen molar-refractivity contribution in [2.24, 2.45) is 0 Å². The number of carbonyl (C=O) groups excluding carboxylic acids is 1. The van der Waals surface area contributed by atoms with Gasteiger partial charge in [0.1, 0.15) is 0 Å². The van der Waals surface area contributed by atoms with Gasteiger partial charge in [-0.1, -0.05) is 6.92 Å². The molecule has 1 rings (SSSR count). The van der Waals surface area contributed by atoms with Gasteiger partial charge in [0.2, 0.25) is 0 Å². The Bertz CT molecular complexity index is 208. The second-order valence-electron chi connectivity index (χ2n) is 4.28. The summed E-state index contributed by atoms with van der Waals surface area (Å²) < 4.78 is 0. The molecule has 1 heterocycles. The van der Waals surface area contributed by atoms with Crippen LogP contribution in [0.5, 0.6) is 0 Å². The normalized spacial score (nSPS) is 17.6. The summed E-state index contributed by atoms with van der Waals surface area (Å²) in [5, 5.41) is 0. The highest BCUT2D eigenvalue weighted by atomic mass is 16.2. The van der Waals surface area contributed by atoms with E-state index in [1.807, 2.05) is 23.6 Å². The molecule has 1 aliphatic heterocycles. The molecule has 1 fully saturated rings. The van der Waals surface area contributed by atoms with Crippen molar-refractivity contribution in [3.8, 4) is 0 Å². The van der Waals surface area contributed by atoms with E-state index in [0.717, 1.165) is 45.8 Å². The van der Waals surface area contributed by atoms with E-state index in [9.17, 15) is 4.79 Å². The molecule has 0 aromatic carbocycles. The van der Waals surface area contributed by atoms with E-state index < -0.39 is 0 Å². The zero-order chi connectivity index (χ0) is 12.0. The third kappa shape index (κ3) is 3.37. The van der Waals surface area contributed by atoms with Gasteiger partial charge in [0.05, 0.1) is 0 Å². The van der Waals surface area contributed by atoms with E-state index in [1.165, 1.54) is 6.42 Å². The fourth-order valence-corrected chi connectivity index (χ4v) is 2.17. The molecule has 4 heteroatoms. The van der Waals surface area contributed by atoms with Crippen LogP contribution >= 0.6 is 0 Å². The quantitative estimate of drug-likeness (QED) is 0.727. The number of urea groups is 1. The van der Waals surface area contributed by atoms with Crippen LogP contribution in [0.1, 0.15) is 27.2 Å². The Balaban J connectivity index is 2.38. The van der Waals surface area contributed by atoms with Crippen molar-refractivity contribution in [2.75, 3.05) is 45.8 Å². The first-order valence-corrected chi connectivity index (χ1v) is 6.49. The van der Waals surface area contributed by atoms with Gasteiger partial charge >= 0.3 is 6.03 Å². The standard InChI is InChI=1S/C12H25N3O/c1-4-7-13-8-10-15(11-9-13)12(16)14(5-2)6-3/h4-11H2,1-3H3. The Kier molecular flexibility index (Phi) is 5.60. The lowest BCUT2D eigenvalue weighted by Gasteiger charge is -2.37. The topological polar surface area (TPSA) is 26.8 Å². The van der Waals surface area contributed by atoms with E-state index in [1.54, 1.807) is 0 Å². The van der Waals surface area contributed by atoms with Crippen LogP contribution in [-0.4, -0.2) is 66.5 Å². The number of hydrogen-bond donors (Lipinski definition) is 0. The van der Waals surface area contributed by atoms with Gasteiger partial charge in [-0.25, -0.2) is 4.79 Å². The zero-order valence-corrected chi connectivity index (χ0v) is 10.9. The molecule has 1 aliphatic rings. The highest BCUT2D eigenvalue weighted by Crippen LogP contribution is 2.06. The van der Waals surface area contributed by atoms with Crippen molar-refractivity contribution in [3.05, 3.63) is 0 Å². The summed E-state index contributed by atoms with van der Waals surface area (Å²) in [6.07, 6.45) is 1.20. The highest BCUT2D eigenvalue weighted by molar-refractivity contribution is 5.74. The SMILES string of the molecule is CCCN1CCN(C(=O)N(CC)CC)CC1. The number of amides is 2. The lowest BCUT2D eigenvalue weighted by atomic mass is 10.3. The van der Waals surface area contributed by atoms with E-state index >= 15 is 0 Å². The van der Waals surface area contributed by atoms with Crippen LogP contribution < -0.4 is 0 Å². The summed E-state index contributed by atoms with van der Waals surface area (Å²) in [4.78, 5) is 18.4. The van der Waals surface area contributed by atoms with Gasteiger partial charge in [-0.15, -0.1) is 0 Å². The third-order valence-electron chi connectivity index (χ3n) is 3.22. The summed E-state index contributed by atoms with van der Waals surface area (Å²) in [6, 6.07) is 0.209. The van der Waals surface area contributed by atoms with Crippen molar-refractivity contribution in [3.63, 3.8) is 0 Å². The van der Waals surface area contributed by atoms with E-state index in [-0.39, 0.29) is 6.03 Å². The van der Waals surface area contributed by atoms with Crippen LogP contribution in [-0.2, 0) is 0 Å². The van der Waals surface area contributed by atoms with E-state index in [0.29, 0.717) is 0 Å². The molecule has 2 amide bonds. The first-order chi connectivity index (χ1) is 7.72. The van der Waals surface area contributed by atoms with E-state index in [4.69, 9.17) is 0 Å². The van der Waals surface area contributed by atoms with Crippen LogP contribution in [0.3, 0.4) is 0 Å².